The number of aromatic nitrogens is 1. The van der Waals surface area contributed by atoms with Crippen LogP contribution in [0.4, 0.5) is 23.2 Å². The lowest BCUT2D eigenvalue weighted by molar-refractivity contribution is -0.141. The van der Waals surface area contributed by atoms with E-state index in [1.807, 2.05) is 6.92 Å². The molecule has 0 saturated carbocycles. The van der Waals surface area contributed by atoms with Gasteiger partial charge < -0.3 is 20.1 Å². The van der Waals surface area contributed by atoms with Gasteiger partial charge in [0.05, 0.1) is 19.0 Å². The number of fused-ring (bicyclic) bond motifs is 1. The maximum Gasteiger partial charge on any atom is 0.303 e. The van der Waals surface area contributed by atoms with Crippen LogP contribution in [0.15, 0.2) is 36.5 Å². The Morgan fingerprint density at radius 1 is 1.18 bits per heavy atom. The Hall–Kier alpha value is -3.40. The van der Waals surface area contributed by atoms with E-state index < -0.39 is 35.0 Å². The molecule has 2 aromatic carbocycles. The maximum atomic E-state index is 15.8. The van der Waals surface area contributed by atoms with E-state index in [2.05, 4.69) is 15.2 Å². The molecule has 1 aliphatic rings. The fraction of sp³-hybridized carbons (Fsp3) is 0.448. The fourth-order valence-electron chi connectivity index (χ4n) is 5.51. The number of carboxylic acid groups (broad SMARTS) is 1. The quantitative estimate of drug-likeness (QED) is 0.213. The Morgan fingerprint density at radius 2 is 1.87 bits per heavy atom. The number of carbonyl (C=O) groups is 1. The smallest absolute Gasteiger partial charge is 0.303 e. The number of pyridine rings is 1. The maximum absolute atomic E-state index is 15.8. The van der Waals surface area contributed by atoms with Crippen molar-refractivity contribution < 1.29 is 32.2 Å². The number of rotatable bonds is 11. The first-order valence-corrected chi connectivity index (χ1v) is 13.0. The zero-order valence-corrected chi connectivity index (χ0v) is 22.1. The number of aryl methyl sites for hydroxylation is 1. The predicted molar refractivity (Wildman–Crippen MR) is 141 cm³/mol. The zero-order valence-electron chi connectivity index (χ0n) is 22.1. The number of alkyl halides is 1. The molecular formula is C29H33F4N3O3. The van der Waals surface area contributed by atoms with Crippen molar-refractivity contribution in [1.82, 2.24) is 9.88 Å². The molecule has 0 radical (unpaired) electrons. The van der Waals surface area contributed by atoms with Crippen LogP contribution in [-0.2, 0) is 4.79 Å². The summed E-state index contributed by atoms with van der Waals surface area (Å²) in [6.07, 6.45) is 2.13. The summed E-state index contributed by atoms with van der Waals surface area (Å²) in [5.74, 6) is -4.31. The molecule has 0 unspecified atom stereocenters. The Balaban J connectivity index is 1.38. The van der Waals surface area contributed by atoms with E-state index in [-0.39, 0.29) is 18.5 Å². The predicted octanol–water partition coefficient (Wildman–Crippen LogP) is 6.43. The first-order valence-electron chi connectivity index (χ1n) is 13.0. The lowest BCUT2D eigenvalue weighted by Gasteiger charge is -2.41. The minimum atomic E-state index is -1.51. The fourth-order valence-corrected chi connectivity index (χ4v) is 5.51. The van der Waals surface area contributed by atoms with Gasteiger partial charge in [0.25, 0.3) is 0 Å². The summed E-state index contributed by atoms with van der Waals surface area (Å²) in [4.78, 5) is 18.3. The van der Waals surface area contributed by atoms with Crippen LogP contribution in [0.3, 0.4) is 0 Å². The lowest BCUT2D eigenvalue weighted by atomic mass is 9.71. The molecule has 1 fully saturated rings. The van der Waals surface area contributed by atoms with Crippen molar-refractivity contribution in [1.29, 1.82) is 0 Å². The van der Waals surface area contributed by atoms with Gasteiger partial charge in [-0.15, -0.1) is 0 Å². The van der Waals surface area contributed by atoms with Gasteiger partial charge in [-0.25, -0.2) is 17.6 Å². The van der Waals surface area contributed by atoms with Gasteiger partial charge >= 0.3 is 5.97 Å². The molecule has 3 aromatic rings. The number of likely N-dealkylation sites (tertiary alicyclic amines) is 1. The summed E-state index contributed by atoms with van der Waals surface area (Å²) in [6, 6.07) is 7.17. The van der Waals surface area contributed by atoms with E-state index in [9.17, 15) is 23.1 Å². The third-order valence-electron chi connectivity index (χ3n) is 7.74. The van der Waals surface area contributed by atoms with Crippen LogP contribution in [0.5, 0.6) is 5.75 Å². The number of carboxylic acids is 1. The Bertz CT molecular complexity index is 1310. The van der Waals surface area contributed by atoms with E-state index in [4.69, 9.17) is 4.74 Å². The number of ether oxygens (including phenoxy) is 1. The molecule has 2 heterocycles. The molecule has 0 bridgehead atoms. The molecule has 1 atom stereocenters. The highest BCUT2D eigenvalue weighted by Gasteiger charge is 2.37. The number of halogens is 4. The molecule has 4 rings (SSSR count). The van der Waals surface area contributed by atoms with Crippen LogP contribution in [0.1, 0.15) is 49.4 Å². The molecule has 0 spiro atoms. The molecule has 0 amide bonds. The number of hydrogen-bond donors (Lipinski definition) is 2. The average molecular weight is 548 g/mol. The standard InChI is InChI=1S/C29H33F4N3O3/c1-18-17-35-25-4-3-20(39-2)15-21(25)27(18)22(30)5-6-29(16-26(37)38)7-10-36(11-8-29)12-9-34-19-13-23(31)28(33)24(32)14-19/h3-4,13-15,17,22,34H,5-12,16H2,1-2H3,(H,37,38)/t22-/m1/s1. The van der Waals surface area contributed by atoms with Gasteiger partial charge in [0, 0.05) is 42.5 Å². The minimum absolute atomic E-state index is 0.0379. The molecule has 1 saturated heterocycles. The number of methoxy groups -OCH3 is 1. The second kappa shape index (κ2) is 12.2. The summed E-state index contributed by atoms with van der Waals surface area (Å²) in [7, 11) is 1.55. The van der Waals surface area contributed by atoms with Crippen LogP contribution < -0.4 is 10.1 Å². The monoisotopic (exact) mass is 547 g/mol. The Morgan fingerprint density at radius 3 is 2.51 bits per heavy atom. The van der Waals surface area contributed by atoms with Crippen LogP contribution >= 0.6 is 0 Å². The van der Waals surface area contributed by atoms with Gasteiger partial charge in [0.15, 0.2) is 17.5 Å². The highest BCUT2D eigenvalue weighted by Crippen LogP contribution is 2.43. The minimum Gasteiger partial charge on any atom is -0.497 e. The summed E-state index contributed by atoms with van der Waals surface area (Å²) in [5.41, 5.74) is 1.58. The number of aliphatic carboxylic acids is 1. The lowest BCUT2D eigenvalue weighted by Crippen LogP contribution is -2.43. The molecule has 10 heteroatoms. The largest absolute Gasteiger partial charge is 0.497 e. The van der Waals surface area contributed by atoms with Crippen molar-refractivity contribution >= 4 is 22.6 Å². The molecule has 210 valence electrons. The van der Waals surface area contributed by atoms with E-state index >= 15 is 4.39 Å². The summed E-state index contributed by atoms with van der Waals surface area (Å²) in [5, 5.41) is 13.2. The van der Waals surface area contributed by atoms with Gasteiger partial charge in [-0.2, -0.15) is 0 Å². The molecule has 6 nitrogen and oxygen atoms in total. The van der Waals surface area contributed by atoms with Gasteiger partial charge in [0.2, 0.25) is 0 Å². The Kier molecular flexibility index (Phi) is 8.94. The van der Waals surface area contributed by atoms with Gasteiger partial charge in [-0.3, -0.25) is 9.78 Å². The van der Waals surface area contributed by atoms with E-state index in [0.717, 1.165) is 17.7 Å². The van der Waals surface area contributed by atoms with Crippen molar-refractivity contribution in [2.24, 2.45) is 5.41 Å². The van der Waals surface area contributed by atoms with Crippen molar-refractivity contribution in [2.75, 3.05) is 38.6 Å². The third-order valence-corrected chi connectivity index (χ3v) is 7.74. The third kappa shape index (κ3) is 6.79. The number of hydrogen-bond acceptors (Lipinski definition) is 5. The van der Waals surface area contributed by atoms with Gasteiger partial charge in [0.1, 0.15) is 11.9 Å². The molecule has 1 aromatic heterocycles. The van der Waals surface area contributed by atoms with Gasteiger partial charge in [-0.05, 0) is 80.4 Å². The Labute approximate surface area is 225 Å². The SMILES string of the molecule is COc1ccc2ncc(C)c([C@H](F)CCC3(CC(=O)O)CCN(CCNc4cc(F)c(F)c(F)c4)CC3)c2c1. The summed E-state index contributed by atoms with van der Waals surface area (Å²) in [6.45, 7) is 3.99. The zero-order chi connectivity index (χ0) is 28.2. The van der Waals surface area contributed by atoms with E-state index in [0.29, 0.717) is 67.7 Å². The molecule has 0 aliphatic carbocycles. The van der Waals surface area contributed by atoms with Crippen LogP contribution in [0.2, 0.25) is 0 Å². The van der Waals surface area contributed by atoms with Crippen LogP contribution in [-0.4, -0.2) is 54.2 Å². The molecule has 1 aliphatic heterocycles. The molecule has 39 heavy (non-hydrogen) atoms. The highest BCUT2D eigenvalue weighted by atomic mass is 19.2. The molecular weight excluding hydrogens is 514 g/mol. The van der Waals surface area contributed by atoms with Gasteiger partial charge in [-0.1, -0.05) is 0 Å². The second-order valence-electron chi connectivity index (χ2n) is 10.3. The van der Waals surface area contributed by atoms with Crippen molar-refractivity contribution in [3.8, 4) is 5.75 Å². The first kappa shape index (κ1) is 28.6. The summed E-state index contributed by atoms with van der Waals surface area (Å²) >= 11 is 0. The van der Waals surface area contributed by atoms with Crippen molar-refractivity contribution in [2.45, 2.75) is 45.2 Å². The highest BCUT2D eigenvalue weighted by molar-refractivity contribution is 5.85. The number of benzene rings is 2. The van der Waals surface area contributed by atoms with E-state index in [1.165, 1.54) is 0 Å². The number of nitrogens with zero attached hydrogens (tertiary/aromatic N) is 2. The number of piperidine rings is 1. The van der Waals surface area contributed by atoms with Crippen LogP contribution in [0.25, 0.3) is 10.9 Å². The first-order chi connectivity index (χ1) is 18.6. The van der Waals surface area contributed by atoms with Crippen molar-refractivity contribution in [3.63, 3.8) is 0 Å². The van der Waals surface area contributed by atoms with Crippen molar-refractivity contribution in [3.05, 3.63) is 65.1 Å². The second-order valence-corrected chi connectivity index (χ2v) is 10.3. The normalized spacial score (nSPS) is 16.3. The molecule has 2 N–H and O–H groups in total. The average Bonchev–Trinajstić information content (AvgIpc) is 2.90. The van der Waals surface area contributed by atoms with E-state index in [1.54, 1.807) is 31.5 Å². The summed E-state index contributed by atoms with van der Waals surface area (Å²) < 4.78 is 61.1. The topological polar surface area (TPSA) is 74.7 Å². The number of nitrogens with one attached hydrogen (secondary N) is 1. The van der Waals surface area contributed by atoms with Crippen LogP contribution in [0, 0.1) is 29.8 Å². The number of anilines is 1.